The quantitative estimate of drug-likeness (QED) is 0.764. The van der Waals surface area contributed by atoms with Gasteiger partial charge in [-0.1, -0.05) is 22.0 Å². The van der Waals surface area contributed by atoms with Crippen molar-refractivity contribution in [3.63, 3.8) is 0 Å². The van der Waals surface area contributed by atoms with Crippen LogP contribution in [0.1, 0.15) is 36.0 Å². The van der Waals surface area contributed by atoms with Crippen molar-refractivity contribution >= 4 is 37.8 Å². The fraction of sp³-hybridized carbons (Fsp3) is 0.500. The maximum Gasteiger partial charge on any atom is 0.254 e. The molecular formula is C14H16Br2FNO. The smallest absolute Gasteiger partial charge is 0.254 e. The summed E-state index contributed by atoms with van der Waals surface area (Å²) >= 11 is 6.70. The molecule has 2 nitrogen and oxygen atoms in total. The maximum atomic E-state index is 13.8. The van der Waals surface area contributed by atoms with Crippen molar-refractivity contribution < 1.29 is 9.18 Å². The first-order valence-electron chi connectivity index (χ1n) is 6.44. The average molecular weight is 393 g/mol. The van der Waals surface area contributed by atoms with Gasteiger partial charge in [0, 0.05) is 11.4 Å². The molecule has 1 amide bonds. The summed E-state index contributed by atoms with van der Waals surface area (Å²) in [5.74, 6) is -0.322. The molecule has 0 saturated heterocycles. The first-order valence-corrected chi connectivity index (χ1v) is 8.15. The summed E-state index contributed by atoms with van der Waals surface area (Å²) in [4.78, 5) is 12.6. The lowest BCUT2D eigenvalue weighted by molar-refractivity contribution is 0.0939. The highest BCUT2D eigenvalue weighted by molar-refractivity contribution is 9.10. The molecule has 1 fully saturated rings. The lowest BCUT2D eigenvalue weighted by atomic mass is 9.89. The van der Waals surface area contributed by atoms with Crippen LogP contribution in [0.2, 0.25) is 0 Å². The molecule has 1 aromatic rings. The van der Waals surface area contributed by atoms with Crippen LogP contribution in [0.25, 0.3) is 0 Å². The molecule has 0 atom stereocenters. The minimum Gasteiger partial charge on any atom is -0.352 e. The third-order valence-electron chi connectivity index (χ3n) is 3.52. The minimum atomic E-state index is -0.496. The normalized spacial score (nSPS) is 23.1. The van der Waals surface area contributed by atoms with Crippen LogP contribution >= 0.6 is 31.9 Å². The van der Waals surface area contributed by atoms with Crippen LogP contribution in [0.15, 0.2) is 22.7 Å². The van der Waals surface area contributed by atoms with Gasteiger partial charge in [-0.2, -0.15) is 0 Å². The summed E-state index contributed by atoms with van der Waals surface area (Å²) < 4.78 is 14.1. The van der Waals surface area contributed by atoms with E-state index < -0.39 is 5.82 Å². The number of carbonyl (C=O) groups excluding carboxylic acids is 1. The number of rotatable bonds is 3. The van der Waals surface area contributed by atoms with E-state index in [1.165, 1.54) is 6.07 Å². The first-order chi connectivity index (χ1) is 9.08. The molecule has 0 aromatic heterocycles. The van der Waals surface area contributed by atoms with E-state index in [9.17, 15) is 9.18 Å². The highest BCUT2D eigenvalue weighted by Crippen LogP contribution is 2.28. The second-order valence-corrected chi connectivity index (χ2v) is 7.08. The molecule has 0 unspecified atom stereocenters. The lowest BCUT2D eigenvalue weighted by Gasteiger charge is -2.25. The van der Waals surface area contributed by atoms with Crippen LogP contribution in [-0.4, -0.2) is 17.3 Å². The van der Waals surface area contributed by atoms with E-state index >= 15 is 0 Å². The van der Waals surface area contributed by atoms with Crippen molar-refractivity contribution in [1.29, 1.82) is 0 Å². The van der Waals surface area contributed by atoms with Gasteiger partial charge in [0.05, 0.1) is 10.0 Å². The minimum absolute atomic E-state index is 0.101. The van der Waals surface area contributed by atoms with Gasteiger partial charge in [0.1, 0.15) is 5.82 Å². The van der Waals surface area contributed by atoms with Gasteiger partial charge in [-0.05, 0) is 59.7 Å². The van der Waals surface area contributed by atoms with Crippen molar-refractivity contribution in [3.05, 3.63) is 34.1 Å². The van der Waals surface area contributed by atoms with Gasteiger partial charge in [-0.25, -0.2) is 4.39 Å². The van der Waals surface area contributed by atoms with Crippen LogP contribution in [0.4, 0.5) is 4.39 Å². The molecule has 1 saturated carbocycles. The van der Waals surface area contributed by atoms with E-state index in [0.29, 0.717) is 21.8 Å². The number of carbonyl (C=O) groups is 1. The summed E-state index contributed by atoms with van der Waals surface area (Å²) in [5, 5.41) is 2.84. The molecule has 1 aromatic carbocycles. The highest BCUT2D eigenvalue weighted by Gasteiger charge is 2.20. The van der Waals surface area contributed by atoms with E-state index in [4.69, 9.17) is 0 Å². The van der Waals surface area contributed by atoms with Crippen LogP contribution in [0.3, 0.4) is 0 Å². The Kier molecular flexibility index (Phi) is 5.39. The fourth-order valence-corrected chi connectivity index (χ4v) is 3.23. The molecule has 104 valence electrons. The zero-order valence-corrected chi connectivity index (χ0v) is 13.6. The van der Waals surface area contributed by atoms with Gasteiger partial charge < -0.3 is 5.32 Å². The number of halogens is 3. The van der Waals surface area contributed by atoms with Gasteiger partial charge in [-0.15, -0.1) is 0 Å². The fourth-order valence-electron chi connectivity index (χ4n) is 2.34. The Morgan fingerprint density at radius 1 is 1.32 bits per heavy atom. The SMILES string of the molecule is O=C(NCC1CCC(Br)CC1)c1cccc(Br)c1F. The molecule has 0 radical (unpaired) electrons. The van der Waals surface area contributed by atoms with E-state index in [0.717, 1.165) is 25.7 Å². The van der Waals surface area contributed by atoms with Crippen LogP contribution < -0.4 is 5.32 Å². The van der Waals surface area contributed by atoms with Gasteiger partial charge in [-0.3, -0.25) is 4.79 Å². The predicted molar refractivity (Wildman–Crippen MR) is 81.1 cm³/mol. The Hall–Kier alpha value is -0.420. The molecule has 2 rings (SSSR count). The average Bonchev–Trinajstić information content (AvgIpc) is 2.41. The van der Waals surface area contributed by atoms with Gasteiger partial charge in [0.25, 0.3) is 5.91 Å². The first kappa shape index (κ1) is 15.0. The zero-order chi connectivity index (χ0) is 13.8. The summed E-state index contributed by atoms with van der Waals surface area (Å²) in [7, 11) is 0. The Morgan fingerprint density at radius 3 is 2.68 bits per heavy atom. The molecule has 1 N–H and O–H groups in total. The van der Waals surface area contributed by atoms with Crippen molar-refractivity contribution in [2.24, 2.45) is 5.92 Å². The molecule has 0 aliphatic heterocycles. The molecule has 0 heterocycles. The standard InChI is InChI=1S/C14H16Br2FNO/c15-10-6-4-9(5-7-10)8-18-14(19)11-2-1-3-12(16)13(11)17/h1-3,9-10H,4-8H2,(H,18,19). The molecular weight excluding hydrogens is 377 g/mol. The Morgan fingerprint density at radius 2 is 2.00 bits per heavy atom. The van der Waals surface area contributed by atoms with Crippen molar-refractivity contribution in [2.75, 3.05) is 6.54 Å². The maximum absolute atomic E-state index is 13.8. The zero-order valence-electron chi connectivity index (χ0n) is 10.5. The molecule has 5 heteroatoms. The van der Waals surface area contributed by atoms with Crippen molar-refractivity contribution in [3.8, 4) is 0 Å². The summed E-state index contributed by atoms with van der Waals surface area (Å²) in [6.45, 7) is 0.629. The van der Waals surface area contributed by atoms with E-state index in [2.05, 4.69) is 37.2 Å². The number of hydrogen-bond donors (Lipinski definition) is 1. The van der Waals surface area contributed by atoms with Gasteiger partial charge in [0.2, 0.25) is 0 Å². The Bertz CT molecular complexity index is 459. The topological polar surface area (TPSA) is 29.1 Å². The Labute approximate surface area is 129 Å². The summed E-state index contributed by atoms with van der Waals surface area (Å²) in [6, 6.07) is 4.76. The van der Waals surface area contributed by atoms with Gasteiger partial charge >= 0.3 is 0 Å². The monoisotopic (exact) mass is 391 g/mol. The van der Waals surface area contributed by atoms with Crippen molar-refractivity contribution in [2.45, 2.75) is 30.5 Å². The van der Waals surface area contributed by atoms with Crippen molar-refractivity contribution in [1.82, 2.24) is 5.32 Å². The molecule has 19 heavy (non-hydrogen) atoms. The Balaban J connectivity index is 1.89. The largest absolute Gasteiger partial charge is 0.352 e. The number of amides is 1. The molecule has 1 aliphatic rings. The van der Waals surface area contributed by atoms with Crippen LogP contribution in [0.5, 0.6) is 0 Å². The predicted octanol–water partition coefficient (Wildman–Crippen LogP) is 4.27. The van der Waals surface area contributed by atoms with Crippen LogP contribution in [-0.2, 0) is 0 Å². The van der Waals surface area contributed by atoms with Gasteiger partial charge in [0.15, 0.2) is 0 Å². The summed E-state index contributed by atoms with van der Waals surface area (Å²) in [5.41, 5.74) is 0.101. The second-order valence-electron chi connectivity index (χ2n) is 4.93. The molecule has 0 bridgehead atoms. The van der Waals surface area contributed by atoms with E-state index in [1.54, 1.807) is 12.1 Å². The summed E-state index contributed by atoms with van der Waals surface area (Å²) in [6.07, 6.45) is 4.51. The molecule has 1 aliphatic carbocycles. The van der Waals surface area contributed by atoms with E-state index in [-0.39, 0.29) is 11.5 Å². The number of hydrogen-bond acceptors (Lipinski definition) is 1. The highest BCUT2D eigenvalue weighted by atomic mass is 79.9. The number of benzene rings is 1. The van der Waals surface area contributed by atoms with Crippen LogP contribution in [0, 0.1) is 11.7 Å². The van der Waals surface area contributed by atoms with E-state index in [1.807, 2.05) is 0 Å². The second kappa shape index (κ2) is 6.84. The number of nitrogens with one attached hydrogen (secondary N) is 1. The third-order valence-corrected chi connectivity index (χ3v) is 5.05. The third kappa shape index (κ3) is 4.02. The molecule has 0 spiro atoms. The number of alkyl halides is 1. The lowest BCUT2D eigenvalue weighted by Crippen LogP contribution is -2.31.